The van der Waals surface area contributed by atoms with Gasteiger partial charge in [-0.1, -0.05) is 0 Å². The molecule has 1 atom stereocenters. The lowest BCUT2D eigenvalue weighted by Gasteiger charge is -2.06. The van der Waals surface area contributed by atoms with Crippen molar-refractivity contribution in [2.24, 2.45) is 11.7 Å². The van der Waals surface area contributed by atoms with Crippen molar-refractivity contribution in [2.45, 2.75) is 13.8 Å². The lowest BCUT2D eigenvalue weighted by molar-refractivity contribution is -0.150. The van der Waals surface area contributed by atoms with Gasteiger partial charge in [0.15, 0.2) is 5.78 Å². The fourth-order valence-electron chi connectivity index (χ4n) is 0.575. The van der Waals surface area contributed by atoms with Gasteiger partial charge >= 0.3 is 5.97 Å². The molecule has 0 rings (SSSR count). The van der Waals surface area contributed by atoms with E-state index in [9.17, 15) is 9.59 Å². The standard InChI is InChI=1S/C7H13NO3/c1-3-11-7(10)5(2)6(9)4-8/h5H,3-4,8H2,1-2H3. The van der Waals surface area contributed by atoms with Gasteiger partial charge in [-0.3, -0.25) is 9.59 Å². The van der Waals surface area contributed by atoms with Crippen molar-refractivity contribution in [3.8, 4) is 0 Å². The molecule has 0 saturated carbocycles. The van der Waals surface area contributed by atoms with Crippen molar-refractivity contribution in [3.63, 3.8) is 0 Å². The van der Waals surface area contributed by atoms with Crippen LogP contribution >= 0.6 is 0 Å². The normalized spacial score (nSPS) is 12.3. The van der Waals surface area contributed by atoms with Gasteiger partial charge in [0, 0.05) is 0 Å². The Morgan fingerprint density at radius 1 is 1.55 bits per heavy atom. The van der Waals surface area contributed by atoms with Crippen molar-refractivity contribution in [3.05, 3.63) is 0 Å². The number of Topliss-reactive ketones (excluding diaryl/α,β-unsaturated/α-hetero) is 1. The molecule has 0 aromatic heterocycles. The third-order valence-electron chi connectivity index (χ3n) is 1.32. The van der Waals surface area contributed by atoms with E-state index < -0.39 is 11.9 Å². The van der Waals surface area contributed by atoms with Crippen LogP contribution in [0.2, 0.25) is 0 Å². The summed E-state index contributed by atoms with van der Waals surface area (Å²) in [6.45, 7) is 3.37. The van der Waals surface area contributed by atoms with Crippen LogP contribution < -0.4 is 5.73 Å². The van der Waals surface area contributed by atoms with Crippen LogP contribution in [0.3, 0.4) is 0 Å². The molecule has 0 aromatic carbocycles. The van der Waals surface area contributed by atoms with Crippen LogP contribution in [0.25, 0.3) is 0 Å². The zero-order valence-corrected chi connectivity index (χ0v) is 6.79. The second-order valence-corrected chi connectivity index (χ2v) is 2.14. The number of nitrogens with two attached hydrogens (primary N) is 1. The van der Waals surface area contributed by atoms with Crippen LogP contribution in [0.1, 0.15) is 13.8 Å². The molecular weight excluding hydrogens is 146 g/mol. The highest BCUT2D eigenvalue weighted by Crippen LogP contribution is 1.98. The number of carbonyl (C=O) groups excluding carboxylic acids is 2. The average Bonchev–Trinajstić information content (AvgIpc) is 2.02. The molecule has 4 nitrogen and oxygen atoms in total. The van der Waals surface area contributed by atoms with Crippen molar-refractivity contribution < 1.29 is 14.3 Å². The van der Waals surface area contributed by atoms with E-state index in [-0.39, 0.29) is 12.3 Å². The van der Waals surface area contributed by atoms with Crippen molar-refractivity contribution in [1.82, 2.24) is 0 Å². The quantitative estimate of drug-likeness (QED) is 0.452. The van der Waals surface area contributed by atoms with Crippen LogP contribution in [0.5, 0.6) is 0 Å². The first-order valence-electron chi connectivity index (χ1n) is 3.52. The monoisotopic (exact) mass is 159 g/mol. The third-order valence-corrected chi connectivity index (χ3v) is 1.32. The molecule has 0 amide bonds. The van der Waals surface area contributed by atoms with Crippen LogP contribution in [0.4, 0.5) is 0 Å². The molecule has 0 aliphatic rings. The van der Waals surface area contributed by atoms with Gasteiger partial charge in [-0.2, -0.15) is 0 Å². The van der Waals surface area contributed by atoms with Gasteiger partial charge in [0.2, 0.25) is 0 Å². The molecule has 64 valence electrons. The van der Waals surface area contributed by atoms with Gasteiger partial charge in [0.1, 0.15) is 5.92 Å². The van der Waals surface area contributed by atoms with Crippen LogP contribution in [0.15, 0.2) is 0 Å². The summed E-state index contributed by atoms with van der Waals surface area (Å²) in [4.78, 5) is 21.6. The van der Waals surface area contributed by atoms with Gasteiger partial charge in [-0.05, 0) is 13.8 Å². The van der Waals surface area contributed by atoms with E-state index in [0.717, 1.165) is 0 Å². The molecule has 0 spiro atoms. The van der Waals surface area contributed by atoms with Crippen LogP contribution in [-0.2, 0) is 14.3 Å². The minimum Gasteiger partial charge on any atom is -0.465 e. The molecular formula is C7H13NO3. The van der Waals surface area contributed by atoms with Crippen molar-refractivity contribution in [2.75, 3.05) is 13.2 Å². The predicted octanol–water partition coefficient (Wildman–Crippen LogP) is -0.287. The van der Waals surface area contributed by atoms with Gasteiger partial charge in [0.25, 0.3) is 0 Å². The molecule has 1 unspecified atom stereocenters. The molecule has 0 aliphatic heterocycles. The number of carbonyl (C=O) groups is 2. The topological polar surface area (TPSA) is 69.4 Å². The summed E-state index contributed by atoms with van der Waals surface area (Å²) in [6.07, 6.45) is 0. The summed E-state index contributed by atoms with van der Waals surface area (Å²) < 4.78 is 4.61. The summed E-state index contributed by atoms with van der Waals surface area (Å²) in [7, 11) is 0. The number of rotatable bonds is 4. The van der Waals surface area contributed by atoms with Crippen LogP contribution in [-0.4, -0.2) is 24.9 Å². The summed E-state index contributed by atoms with van der Waals surface area (Å²) in [5.74, 6) is -1.51. The molecule has 11 heavy (non-hydrogen) atoms. The Morgan fingerprint density at radius 2 is 2.09 bits per heavy atom. The highest BCUT2D eigenvalue weighted by molar-refractivity contribution is 5.99. The maximum absolute atomic E-state index is 10.8. The van der Waals surface area contributed by atoms with Gasteiger partial charge in [-0.15, -0.1) is 0 Å². The van der Waals surface area contributed by atoms with E-state index in [2.05, 4.69) is 4.74 Å². The zero-order valence-electron chi connectivity index (χ0n) is 6.79. The first-order chi connectivity index (χ1) is 5.13. The first kappa shape index (κ1) is 10.1. The maximum Gasteiger partial charge on any atom is 0.316 e. The molecule has 4 heteroatoms. The van der Waals surface area contributed by atoms with E-state index >= 15 is 0 Å². The smallest absolute Gasteiger partial charge is 0.316 e. The number of hydrogen-bond donors (Lipinski definition) is 1. The van der Waals surface area contributed by atoms with E-state index in [1.807, 2.05) is 0 Å². The Bertz CT molecular complexity index is 156. The molecule has 0 heterocycles. The number of hydrogen-bond acceptors (Lipinski definition) is 4. The highest BCUT2D eigenvalue weighted by Gasteiger charge is 2.20. The molecule has 2 N–H and O–H groups in total. The third kappa shape index (κ3) is 3.13. The fourth-order valence-corrected chi connectivity index (χ4v) is 0.575. The van der Waals surface area contributed by atoms with Gasteiger partial charge < -0.3 is 10.5 Å². The summed E-state index contributed by atoms with van der Waals surface area (Å²) >= 11 is 0. The Kier molecular flexibility index (Phi) is 4.45. The molecule has 0 fully saturated rings. The van der Waals surface area contributed by atoms with E-state index in [4.69, 9.17) is 5.73 Å². The molecule has 0 aliphatic carbocycles. The number of ether oxygens (including phenoxy) is 1. The lowest BCUT2D eigenvalue weighted by Crippen LogP contribution is -2.28. The van der Waals surface area contributed by atoms with Crippen LogP contribution in [0, 0.1) is 5.92 Å². The minimum absolute atomic E-state index is 0.111. The average molecular weight is 159 g/mol. The number of ketones is 1. The summed E-state index contributed by atoms with van der Waals surface area (Å²) in [5.41, 5.74) is 5.05. The van der Waals surface area contributed by atoms with Crippen molar-refractivity contribution >= 4 is 11.8 Å². The van der Waals surface area contributed by atoms with Gasteiger partial charge in [-0.25, -0.2) is 0 Å². The molecule has 0 bridgehead atoms. The fraction of sp³-hybridized carbons (Fsp3) is 0.714. The second-order valence-electron chi connectivity index (χ2n) is 2.14. The van der Waals surface area contributed by atoms with Gasteiger partial charge in [0.05, 0.1) is 13.2 Å². The number of esters is 1. The van der Waals surface area contributed by atoms with Crippen molar-refractivity contribution in [1.29, 1.82) is 0 Å². The zero-order chi connectivity index (χ0) is 8.85. The summed E-state index contributed by atoms with van der Waals surface area (Å²) in [6, 6.07) is 0. The lowest BCUT2D eigenvalue weighted by atomic mass is 10.1. The molecule has 0 radical (unpaired) electrons. The Balaban J connectivity index is 3.91. The Morgan fingerprint density at radius 3 is 2.45 bits per heavy atom. The summed E-state index contributed by atoms with van der Waals surface area (Å²) in [5, 5.41) is 0. The first-order valence-corrected chi connectivity index (χ1v) is 3.52. The van der Waals surface area contributed by atoms with E-state index in [1.54, 1.807) is 6.92 Å². The predicted molar refractivity (Wildman–Crippen MR) is 39.9 cm³/mol. The Hall–Kier alpha value is -0.900. The Labute approximate surface area is 65.7 Å². The SMILES string of the molecule is CCOC(=O)C(C)C(=O)CN. The largest absolute Gasteiger partial charge is 0.465 e. The van der Waals surface area contributed by atoms with E-state index in [1.165, 1.54) is 6.92 Å². The molecule has 0 aromatic rings. The second kappa shape index (κ2) is 4.85. The van der Waals surface area contributed by atoms with E-state index in [0.29, 0.717) is 6.61 Å². The minimum atomic E-state index is -0.722. The highest BCUT2D eigenvalue weighted by atomic mass is 16.5. The molecule has 0 saturated heterocycles. The maximum atomic E-state index is 10.8.